The van der Waals surface area contributed by atoms with Gasteiger partial charge in [0.25, 0.3) is 0 Å². The van der Waals surface area contributed by atoms with Gasteiger partial charge in [0.1, 0.15) is 0 Å². The van der Waals surface area contributed by atoms with Gasteiger partial charge in [0, 0.05) is 13.0 Å². The minimum atomic E-state index is -0.822. The van der Waals surface area contributed by atoms with Crippen molar-refractivity contribution in [1.29, 1.82) is 0 Å². The topological polar surface area (TPSA) is 49.3 Å². The van der Waals surface area contributed by atoms with Gasteiger partial charge in [-0.05, 0) is 24.7 Å². The molecule has 2 N–H and O–H groups in total. The molecule has 0 radical (unpaired) electrons. The Labute approximate surface area is 99.6 Å². The number of aliphatic hydroxyl groups is 1. The first-order chi connectivity index (χ1) is 7.04. The van der Waals surface area contributed by atoms with Gasteiger partial charge in [-0.2, -0.15) is 0 Å². The fourth-order valence-electron chi connectivity index (χ4n) is 1.06. The number of carbonyl (C=O) groups excluding carboxylic acids is 1. The van der Waals surface area contributed by atoms with E-state index >= 15 is 0 Å². The Balaban J connectivity index is 3.91. The molecule has 0 heterocycles. The Bertz CT molecular complexity index is 227. The van der Waals surface area contributed by atoms with Gasteiger partial charge in [-0.15, -0.1) is 0 Å². The van der Waals surface area contributed by atoms with E-state index in [1.165, 1.54) is 0 Å². The highest BCUT2D eigenvalue weighted by Gasteiger charge is 2.25. The number of amides is 1. The highest BCUT2D eigenvalue weighted by Crippen LogP contribution is 2.20. The Kier molecular flexibility index (Phi) is 5.47. The first-order valence-electron chi connectivity index (χ1n) is 6.04. The van der Waals surface area contributed by atoms with Gasteiger partial charge in [-0.25, -0.2) is 0 Å². The maximum atomic E-state index is 11.5. The first-order valence-corrected chi connectivity index (χ1v) is 6.04. The van der Waals surface area contributed by atoms with Crippen molar-refractivity contribution in [1.82, 2.24) is 5.32 Å². The minimum absolute atomic E-state index is 0.0239. The fraction of sp³-hybridized carbons (Fsp3) is 0.923. The van der Waals surface area contributed by atoms with E-state index in [2.05, 4.69) is 26.1 Å². The molecule has 0 bridgehead atoms. The van der Waals surface area contributed by atoms with Crippen LogP contribution in [-0.4, -0.2) is 23.2 Å². The number of hydrogen-bond donors (Lipinski definition) is 2. The second kappa shape index (κ2) is 5.67. The summed E-state index contributed by atoms with van der Waals surface area (Å²) in [6.07, 6.45) is 1.39. The van der Waals surface area contributed by atoms with Crippen molar-refractivity contribution >= 4 is 5.91 Å². The lowest BCUT2D eigenvalue weighted by Crippen LogP contribution is -2.44. The summed E-state index contributed by atoms with van der Waals surface area (Å²) in [5.74, 6) is 0.159. The van der Waals surface area contributed by atoms with Crippen LogP contribution < -0.4 is 5.32 Å². The fourth-order valence-corrected chi connectivity index (χ4v) is 1.06. The van der Waals surface area contributed by atoms with Crippen LogP contribution in [0.3, 0.4) is 0 Å². The maximum absolute atomic E-state index is 11.5. The van der Waals surface area contributed by atoms with Crippen molar-refractivity contribution in [2.24, 2.45) is 11.3 Å². The zero-order valence-corrected chi connectivity index (χ0v) is 11.6. The second-order valence-corrected chi connectivity index (χ2v) is 6.35. The average Bonchev–Trinajstić information content (AvgIpc) is 2.10. The van der Waals surface area contributed by atoms with Gasteiger partial charge in [0.15, 0.2) is 0 Å². The van der Waals surface area contributed by atoms with E-state index in [-0.39, 0.29) is 17.2 Å². The molecule has 1 unspecified atom stereocenters. The largest absolute Gasteiger partial charge is 0.388 e. The van der Waals surface area contributed by atoms with Crippen molar-refractivity contribution in [2.45, 2.75) is 60.0 Å². The highest BCUT2D eigenvalue weighted by atomic mass is 16.3. The third-order valence-corrected chi connectivity index (χ3v) is 2.99. The van der Waals surface area contributed by atoms with Crippen molar-refractivity contribution in [3.8, 4) is 0 Å². The van der Waals surface area contributed by atoms with E-state index < -0.39 is 5.60 Å². The summed E-state index contributed by atoms with van der Waals surface area (Å²) >= 11 is 0. The summed E-state index contributed by atoms with van der Waals surface area (Å²) in [7, 11) is 0. The van der Waals surface area contributed by atoms with Crippen LogP contribution in [0.15, 0.2) is 0 Å². The molecule has 0 aliphatic rings. The molecule has 0 aromatic rings. The van der Waals surface area contributed by atoms with Crippen LogP contribution >= 0.6 is 0 Å². The van der Waals surface area contributed by atoms with Crippen LogP contribution in [0.2, 0.25) is 0 Å². The standard InChI is InChI=1S/C13H27NO2/c1-10(2)13(6,16)9-14-11(15)7-8-12(3,4)5/h10,16H,7-9H2,1-6H3,(H,14,15). The molecular formula is C13H27NO2. The molecular weight excluding hydrogens is 202 g/mol. The van der Waals surface area contributed by atoms with Gasteiger partial charge in [0.05, 0.1) is 5.60 Å². The molecule has 16 heavy (non-hydrogen) atoms. The van der Waals surface area contributed by atoms with Crippen LogP contribution in [0.5, 0.6) is 0 Å². The molecule has 1 atom stereocenters. The average molecular weight is 229 g/mol. The molecule has 1 amide bonds. The van der Waals surface area contributed by atoms with Crippen molar-refractivity contribution < 1.29 is 9.90 Å². The Morgan fingerprint density at radius 1 is 1.25 bits per heavy atom. The Hall–Kier alpha value is -0.570. The van der Waals surface area contributed by atoms with Gasteiger partial charge >= 0.3 is 0 Å². The van der Waals surface area contributed by atoms with E-state index in [4.69, 9.17) is 0 Å². The second-order valence-electron chi connectivity index (χ2n) is 6.35. The van der Waals surface area contributed by atoms with Crippen LogP contribution in [0.4, 0.5) is 0 Å². The molecule has 0 fully saturated rings. The van der Waals surface area contributed by atoms with Crippen molar-refractivity contribution in [3.05, 3.63) is 0 Å². The molecule has 0 saturated carbocycles. The van der Waals surface area contributed by atoms with Crippen LogP contribution in [-0.2, 0) is 4.79 Å². The summed E-state index contributed by atoms with van der Waals surface area (Å²) in [6, 6.07) is 0. The molecule has 3 heteroatoms. The zero-order valence-electron chi connectivity index (χ0n) is 11.6. The van der Waals surface area contributed by atoms with Crippen molar-refractivity contribution in [3.63, 3.8) is 0 Å². The molecule has 0 rings (SSSR count). The molecule has 0 aromatic heterocycles. The Morgan fingerprint density at radius 2 is 1.75 bits per heavy atom. The quantitative estimate of drug-likeness (QED) is 0.760. The lowest BCUT2D eigenvalue weighted by molar-refractivity contribution is -0.123. The number of hydrogen-bond acceptors (Lipinski definition) is 2. The van der Waals surface area contributed by atoms with Gasteiger partial charge in [-0.3, -0.25) is 4.79 Å². The van der Waals surface area contributed by atoms with Gasteiger partial charge < -0.3 is 10.4 Å². The van der Waals surface area contributed by atoms with Gasteiger partial charge in [-0.1, -0.05) is 34.6 Å². The van der Waals surface area contributed by atoms with E-state index in [9.17, 15) is 9.90 Å². The monoisotopic (exact) mass is 229 g/mol. The summed E-state index contributed by atoms with van der Waals surface area (Å²) in [5, 5.41) is 12.7. The predicted octanol–water partition coefficient (Wildman–Crippen LogP) is 2.34. The smallest absolute Gasteiger partial charge is 0.220 e. The van der Waals surface area contributed by atoms with E-state index in [1.54, 1.807) is 6.92 Å². The predicted molar refractivity (Wildman–Crippen MR) is 67.2 cm³/mol. The van der Waals surface area contributed by atoms with E-state index in [1.807, 2.05) is 13.8 Å². The van der Waals surface area contributed by atoms with Crippen LogP contribution in [0.1, 0.15) is 54.4 Å². The summed E-state index contributed by atoms with van der Waals surface area (Å²) in [6.45, 7) is 12.3. The third kappa shape index (κ3) is 6.83. The molecule has 0 aromatic carbocycles. The van der Waals surface area contributed by atoms with E-state index in [0.29, 0.717) is 13.0 Å². The number of rotatable bonds is 5. The molecule has 3 nitrogen and oxygen atoms in total. The highest BCUT2D eigenvalue weighted by molar-refractivity contribution is 5.75. The molecule has 96 valence electrons. The number of nitrogens with one attached hydrogen (secondary N) is 1. The van der Waals surface area contributed by atoms with Gasteiger partial charge in [0.2, 0.25) is 5.91 Å². The van der Waals surface area contributed by atoms with Crippen LogP contribution in [0.25, 0.3) is 0 Å². The SMILES string of the molecule is CC(C)C(C)(O)CNC(=O)CCC(C)(C)C. The zero-order chi connectivity index (χ0) is 13.0. The van der Waals surface area contributed by atoms with Crippen molar-refractivity contribution in [2.75, 3.05) is 6.54 Å². The normalized spacial score (nSPS) is 16.0. The first kappa shape index (κ1) is 15.4. The molecule has 0 saturated heterocycles. The third-order valence-electron chi connectivity index (χ3n) is 2.99. The lowest BCUT2D eigenvalue weighted by atomic mass is 9.90. The molecule has 0 aliphatic heterocycles. The lowest BCUT2D eigenvalue weighted by Gasteiger charge is -2.28. The molecule has 0 aliphatic carbocycles. The van der Waals surface area contributed by atoms with E-state index in [0.717, 1.165) is 6.42 Å². The minimum Gasteiger partial charge on any atom is -0.388 e. The Morgan fingerprint density at radius 3 is 2.12 bits per heavy atom. The number of carbonyl (C=O) groups is 1. The maximum Gasteiger partial charge on any atom is 0.220 e. The van der Waals surface area contributed by atoms with Crippen LogP contribution in [0, 0.1) is 11.3 Å². The summed E-state index contributed by atoms with van der Waals surface area (Å²) < 4.78 is 0. The summed E-state index contributed by atoms with van der Waals surface area (Å²) in [5.41, 5.74) is -0.644. The summed E-state index contributed by atoms with van der Waals surface area (Å²) in [4.78, 5) is 11.5. The molecule has 0 spiro atoms.